The molecule has 1 aliphatic carbocycles. The molecular formula is C20H21BrClN. The quantitative estimate of drug-likeness (QED) is 0.656. The van der Waals surface area contributed by atoms with Gasteiger partial charge in [-0.3, -0.25) is 4.90 Å². The molecule has 1 nitrogen and oxygen atoms in total. The number of nitrogens with zero attached hydrogens (tertiary/aromatic N) is 1. The highest BCUT2D eigenvalue weighted by Crippen LogP contribution is 2.35. The van der Waals surface area contributed by atoms with Crippen LogP contribution >= 0.6 is 27.5 Å². The fraction of sp³-hybridized carbons (Fsp3) is 0.400. The van der Waals surface area contributed by atoms with Gasteiger partial charge < -0.3 is 0 Å². The zero-order chi connectivity index (χ0) is 15.8. The van der Waals surface area contributed by atoms with Crippen LogP contribution in [0.5, 0.6) is 0 Å². The fourth-order valence-corrected chi connectivity index (χ4v) is 5.00. The van der Waals surface area contributed by atoms with Crippen LogP contribution in [0.4, 0.5) is 0 Å². The Bertz CT molecular complexity index is 715. The van der Waals surface area contributed by atoms with E-state index in [1.807, 2.05) is 6.07 Å². The van der Waals surface area contributed by atoms with Crippen LogP contribution in [0.2, 0.25) is 5.02 Å². The Morgan fingerprint density at radius 2 is 1.96 bits per heavy atom. The molecule has 2 atom stereocenters. The van der Waals surface area contributed by atoms with Gasteiger partial charge >= 0.3 is 0 Å². The molecule has 0 saturated carbocycles. The average Bonchev–Trinajstić information content (AvgIpc) is 2.49. The van der Waals surface area contributed by atoms with Crippen molar-refractivity contribution in [3.05, 3.63) is 68.7 Å². The molecular weight excluding hydrogens is 370 g/mol. The van der Waals surface area contributed by atoms with E-state index in [0.717, 1.165) is 23.9 Å². The van der Waals surface area contributed by atoms with Gasteiger partial charge in [-0.05, 0) is 66.5 Å². The maximum absolute atomic E-state index is 6.16. The molecule has 2 aromatic carbocycles. The van der Waals surface area contributed by atoms with Crippen LogP contribution in [0.15, 0.2) is 46.9 Å². The second-order valence-electron chi connectivity index (χ2n) is 6.94. The standard InChI is InChI=1S/C20H21BrClN/c21-20-6-2-4-16-9-15-7-8-18(11-19(16)20)23(13-15)12-14-3-1-5-17(22)10-14/h1-6,10,15,18H,7-9,11-13H2/t15-,18-/m1/s1. The zero-order valence-electron chi connectivity index (χ0n) is 13.1. The molecule has 1 saturated heterocycles. The smallest absolute Gasteiger partial charge is 0.0409 e. The Morgan fingerprint density at radius 1 is 1.09 bits per heavy atom. The predicted molar refractivity (Wildman–Crippen MR) is 99.9 cm³/mol. The summed E-state index contributed by atoms with van der Waals surface area (Å²) in [4.78, 5) is 2.68. The van der Waals surface area contributed by atoms with Crippen molar-refractivity contribution < 1.29 is 0 Å². The molecule has 120 valence electrons. The highest BCUT2D eigenvalue weighted by Gasteiger charge is 2.32. The van der Waals surface area contributed by atoms with Crippen molar-refractivity contribution in [3.8, 4) is 0 Å². The molecule has 2 heterocycles. The number of fused-ring (bicyclic) bond motifs is 2. The lowest BCUT2D eigenvalue weighted by Gasteiger charge is -2.42. The Kier molecular flexibility index (Phi) is 4.49. The van der Waals surface area contributed by atoms with E-state index in [-0.39, 0.29) is 0 Å². The van der Waals surface area contributed by atoms with Crippen LogP contribution in [0.3, 0.4) is 0 Å². The van der Waals surface area contributed by atoms with E-state index in [0.29, 0.717) is 6.04 Å². The van der Waals surface area contributed by atoms with E-state index in [1.165, 1.54) is 41.4 Å². The summed E-state index contributed by atoms with van der Waals surface area (Å²) in [5.41, 5.74) is 4.41. The van der Waals surface area contributed by atoms with Gasteiger partial charge in [-0.2, -0.15) is 0 Å². The third-order valence-electron chi connectivity index (χ3n) is 5.36. The summed E-state index contributed by atoms with van der Waals surface area (Å²) >= 11 is 9.94. The van der Waals surface area contributed by atoms with Gasteiger partial charge in [0.15, 0.2) is 0 Å². The zero-order valence-corrected chi connectivity index (χ0v) is 15.5. The summed E-state index contributed by atoms with van der Waals surface area (Å²) in [6.45, 7) is 2.23. The van der Waals surface area contributed by atoms with Crippen LogP contribution in [-0.4, -0.2) is 17.5 Å². The molecule has 2 bridgehead atoms. The Labute approximate surface area is 151 Å². The largest absolute Gasteiger partial charge is 0.296 e. The number of rotatable bonds is 2. The van der Waals surface area contributed by atoms with Crippen molar-refractivity contribution in [1.82, 2.24) is 4.90 Å². The minimum absolute atomic E-state index is 0.642. The number of hydrogen-bond donors (Lipinski definition) is 0. The van der Waals surface area contributed by atoms with Crippen molar-refractivity contribution in [1.29, 1.82) is 0 Å². The predicted octanol–water partition coefficient (Wildman–Crippen LogP) is 5.48. The molecule has 2 aromatic rings. The molecule has 5 rings (SSSR count). The molecule has 0 spiro atoms. The first kappa shape index (κ1) is 15.7. The van der Waals surface area contributed by atoms with Gasteiger partial charge in [-0.25, -0.2) is 0 Å². The van der Waals surface area contributed by atoms with Crippen LogP contribution in [0.1, 0.15) is 29.5 Å². The lowest BCUT2D eigenvalue weighted by Crippen LogP contribution is -2.46. The number of hydrogen-bond acceptors (Lipinski definition) is 1. The second-order valence-corrected chi connectivity index (χ2v) is 8.23. The van der Waals surface area contributed by atoms with Crippen LogP contribution in [-0.2, 0) is 19.4 Å². The number of halogens is 2. The Hall–Kier alpha value is -0.830. The van der Waals surface area contributed by atoms with Gasteiger partial charge in [0.25, 0.3) is 0 Å². The molecule has 0 radical (unpaired) electrons. The molecule has 0 N–H and O–H groups in total. The minimum Gasteiger partial charge on any atom is -0.296 e. The monoisotopic (exact) mass is 389 g/mol. The summed E-state index contributed by atoms with van der Waals surface area (Å²) < 4.78 is 1.28. The highest BCUT2D eigenvalue weighted by atomic mass is 79.9. The van der Waals surface area contributed by atoms with Crippen LogP contribution < -0.4 is 0 Å². The van der Waals surface area contributed by atoms with Crippen molar-refractivity contribution in [2.45, 2.75) is 38.3 Å². The minimum atomic E-state index is 0.642. The third-order valence-corrected chi connectivity index (χ3v) is 6.33. The topological polar surface area (TPSA) is 3.24 Å². The van der Waals surface area contributed by atoms with E-state index in [2.05, 4.69) is 57.2 Å². The summed E-state index contributed by atoms with van der Waals surface area (Å²) in [7, 11) is 0. The molecule has 0 unspecified atom stereocenters. The summed E-state index contributed by atoms with van der Waals surface area (Å²) in [6.07, 6.45) is 5.05. The Balaban J connectivity index is 1.61. The molecule has 0 aromatic heterocycles. The van der Waals surface area contributed by atoms with Gasteiger partial charge in [0.05, 0.1) is 0 Å². The van der Waals surface area contributed by atoms with E-state index >= 15 is 0 Å². The molecule has 3 aliphatic rings. The van der Waals surface area contributed by atoms with E-state index in [1.54, 1.807) is 5.56 Å². The van der Waals surface area contributed by atoms with Gasteiger partial charge in [0.2, 0.25) is 0 Å². The molecule has 3 heteroatoms. The third kappa shape index (κ3) is 3.35. The lowest BCUT2D eigenvalue weighted by atomic mass is 9.80. The first-order chi connectivity index (χ1) is 11.2. The van der Waals surface area contributed by atoms with Crippen molar-refractivity contribution in [3.63, 3.8) is 0 Å². The summed E-state index contributed by atoms with van der Waals surface area (Å²) in [6, 6.07) is 15.7. The molecule has 23 heavy (non-hydrogen) atoms. The van der Waals surface area contributed by atoms with Gasteiger partial charge in [0, 0.05) is 28.6 Å². The van der Waals surface area contributed by atoms with Gasteiger partial charge in [-0.1, -0.05) is 51.8 Å². The Morgan fingerprint density at radius 3 is 2.83 bits per heavy atom. The number of piperidine rings is 1. The van der Waals surface area contributed by atoms with E-state index in [4.69, 9.17) is 11.6 Å². The maximum Gasteiger partial charge on any atom is 0.0409 e. The first-order valence-corrected chi connectivity index (χ1v) is 9.61. The van der Waals surface area contributed by atoms with Crippen LogP contribution in [0.25, 0.3) is 0 Å². The van der Waals surface area contributed by atoms with Crippen molar-refractivity contribution in [2.24, 2.45) is 5.92 Å². The molecule has 1 fully saturated rings. The average molecular weight is 391 g/mol. The van der Waals surface area contributed by atoms with Crippen molar-refractivity contribution in [2.75, 3.05) is 6.54 Å². The van der Waals surface area contributed by atoms with Gasteiger partial charge in [0.1, 0.15) is 0 Å². The summed E-state index contributed by atoms with van der Waals surface area (Å²) in [5, 5.41) is 0.841. The van der Waals surface area contributed by atoms with Gasteiger partial charge in [-0.15, -0.1) is 0 Å². The van der Waals surface area contributed by atoms with Crippen molar-refractivity contribution >= 4 is 27.5 Å². The second kappa shape index (κ2) is 6.58. The van der Waals surface area contributed by atoms with E-state index < -0.39 is 0 Å². The molecule has 2 aliphatic heterocycles. The lowest BCUT2D eigenvalue weighted by molar-refractivity contribution is 0.0937. The molecule has 0 amide bonds. The first-order valence-electron chi connectivity index (χ1n) is 8.44. The maximum atomic E-state index is 6.16. The highest BCUT2D eigenvalue weighted by molar-refractivity contribution is 9.10. The van der Waals surface area contributed by atoms with Crippen LogP contribution in [0, 0.1) is 5.92 Å². The fourth-order valence-electron chi connectivity index (χ4n) is 4.21. The summed E-state index contributed by atoms with van der Waals surface area (Å²) in [5.74, 6) is 0.777. The normalized spacial score (nSPS) is 24.1. The number of benzene rings is 2. The SMILES string of the molecule is Clc1cccc(CN2C[C@@H]3CC[C@@H]2Cc2c(Br)cccc2C3)c1. The van der Waals surface area contributed by atoms with E-state index in [9.17, 15) is 0 Å².